The van der Waals surface area contributed by atoms with Gasteiger partial charge >= 0.3 is 5.97 Å². The van der Waals surface area contributed by atoms with Crippen molar-refractivity contribution in [2.45, 2.75) is 13.8 Å². The van der Waals surface area contributed by atoms with E-state index in [2.05, 4.69) is 6.58 Å². The molecule has 1 aromatic rings. The Bertz CT molecular complexity index is 312. The molecular weight excluding hydrogens is 172 g/mol. The molecule has 1 aromatic heterocycles. The van der Waals surface area contributed by atoms with Crippen LogP contribution in [-0.4, -0.2) is 5.97 Å². The molecule has 0 atom stereocenters. The minimum Gasteiger partial charge on any atom is -0.412 e. The van der Waals surface area contributed by atoms with Gasteiger partial charge in [0.2, 0.25) is 0 Å². The van der Waals surface area contributed by atoms with Crippen LogP contribution in [0, 0.1) is 6.92 Å². The van der Waals surface area contributed by atoms with Crippen molar-refractivity contribution in [1.82, 2.24) is 0 Å². The molecule has 0 aliphatic carbocycles. The van der Waals surface area contributed by atoms with Gasteiger partial charge in [0.15, 0.2) is 5.06 Å². The van der Waals surface area contributed by atoms with Gasteiger partial charge in [-0.3, -0.25) is 0 Å². The molecule has 0 aliphatic rings. The number of carbonyl (C=O) groups is 1. The third kappa shape index (κ3) is 1.95. The highest BCUT2D eigenvalue weighted by molar-refractivity contribution is 7.12. The minimum absolute atomic E-state index is 0.361. The second-order valence-electron chi connectivity index (χ2n) is 2.56. The number of hydrogen-bond acceptors (Lipinski definition) is 3. The van der Waals surface area contributed by atoms with E-state index in [0.29, 0.717) is 10.6 Å². The standard InChI is InChI=1S/C9H10O2S/c1-6(2)8(10)11-9-7(3)4-5-12-9/h4-5H,1H2,2-3H3. The molecule has 0 amide bonds. The van der Waals surface area contributed by atoms with E-state index >= 15 is 0 Å². The first kappa shape index (κ1) is 9.00. The Labute approximate surface area is 75.5 Å². The fourth-order valence-electron chi connectivity index (χ4n) is 0.635. The number of hydrogen-bond donors (Lipinski definition) is 0. The van der Waals surface area contributed by atoms with Crippen LogP contribution in [0.1, 0.15) is 12.5 Å². The lowest BCUT2D eigenvalue weighted by atomic mass is 10.3. The Morgan fingerprint density at radius 3 is 2.75 bits per heavy atom. The van der Waals surface area contributed by atoms with Crippen molar-refractivity contribution >= 4 is 17.3 Å². The fourth-order valence-corrected chi connectivity index (χ4v) is 1.41. The summed E-state index contributed by atoms with van der Waals surface area (Å²) in [6.07, 6.45) is 0. The van der Waals surface area contributed by atoms with Gasteiger partial charge < -0.3 is 4.74 Å². The van der Waals surface area contributed by atoms with Crippen molar-refractivity contribution in [3.05, 3.63) is 29.2 Å². The van der Waals surface area contributed by atoms with Gasteiger partial charge in [-0.25, -0.2) is 4.79 Å². The Morgan fingerprint density at radius 1 is 1.67 bits per heavy atom. The molecule has 64 valence electrons. The molecule has 0 bridgehead atoms. The molecule has 0 aromatic carbocycles. The highest BCUT2D eigenvalue weighted by Gasteiger charge is 2.07. The lowest BCUT2D eigenvalue weighted by Crippen LogP contribution is -2.07. The second-order valence-corrected chi connectivity index (χ2v) is 3.44. The van der Waals surface area contributed by atoms with E-state index in [4.69, 9.17) is 4.74 Å². The molecule has 0 spiro atoms. The molecule has 12 heavy (non-hydrogen) atoms. The summed E-state index contributed by atoms with van der Waals surface area (Å²) in [5.41, 5.74) is 1.40. The lowest BCUT2D eigenvalue weighted by Gasteiger charge is -2.00. The largest absolute Gasteiger partial charge is 0.412 e. The maximum atomic E-state index is 11.0. The zero-order valence-electron chi connectivity index (χ0n) is 7.09. The van der Waals surface area contributed by atoms with Crippen LogP contribution >= 0.6 is 11.3 Å². The smallest absolute Gasteiger partial charge is 0.339 e. The van der Waals surface area contributed by atoms with Crippen LogP contribution in [0.5, 0.6) is 5.06 Å². The molecule has 0 unspecified atom stereocenters. The number of aryl methyl sites for hydroxylation is 1. The summed E-state index contributed by atoms with van der Waals surface area (Å²) in [5.74, 6) is -0.361. The summed E-state index contributed by atoms with van der Waals surface area (Å²) in [7, 11) is 0. The monoisotopic (exact) mass is 182 g/mol. The van der Waals surface area contributed by atoms with Crippen LogP contribution in [0.2, 0.25) is 0 Å². The lowest BCUT2D eigenvalue weighted by molar-refractivity contribution is -0.129. The Morgan fingerprint density at radius 2 is 2.33 bits per heavy atom. The van der Waals surface area contributed by atoms with E-state index in [-0.39, 0.29) is 5.97 Å². The van der Waals surface area contributed by atoms with Crippen molar-refractivity contribution in [3.8, 4) is 5.06 Å². The van der Waals surface area contributed by atoms with E-state index in [1.54, 1.807) is 6.92 Å². The van der Waals surface area contributed by atoms with Gasteiger partial charge in [0.05, 0.1) is 0 Å². The molecule has 0 N–H and O–H groups in total. The first-order chi connectivity index (χ1) is 5.61. The summed E-state index contributed by atoms with van der Waals surface area (Å²) in [6.45, 7) is 7.03. The number of ether oxygens (including phenoxy) is 1. The van der Waals surface area contributed by atoms with Crippen molar-refractivity contribution in [2.24, 2.45) is 0 Å². The maximum absolute atomic E-state index is 11.0. The average Bonchev–Trinajstić information content (AvgIpc) is 2.36. The van der Waals surface area contributed by atoms with Crippen molar-refractivity contribution in [1.29, 1.82) is 0 Å². The van der Waals surface area contributed by atoms with Crippen LogP contribution in [-0.2, 0) is 4.79 Å². The summed E-state index contributed by atoms with van der Waals surface area (Å²) < 4.78 is 5.03. The SMILES string of the molecule is C=C(C)C(=O)Oc1sccc1C. The van der Waals surface area contributed by atoms with E-state index in [9.17, 15) is 4.79 Å². The minimum atomic E-state index is -0.361. The van der Waals surface area contributed by atoms with Crippen molar-refractivity contribution in [3.63, 3.8) is 0 Å². The van der Waals surface area contributed by atoms with E-state index in [1.807, 2.05) is 18.4 Å². The number of rotatable bonds is 2. The topological polar surface area (TPSA) is 26.3 Å². The summed E-state index contributed by atoms with van der Waals surface area (Å²) in [5, 5.41) is 2.54. The van der Waals surface area contributed by atoms with E-state index in [1.165, 1.54) is 11.3 Å². The van der Waals surface area contributed by atoms with Crippen LogP contribution in [0.15, 0.2) is 23.6 Å². The number of carbonyl (C=O) groups excluding carboxylic acids is 1. The molecule has 3 heteroatoms. The Kier molecular flexibility index (Phi) is 2.65. The van der Waals surface area contributed by atoms with E-state index < -0.39 is 0 Å². The third-order valence-corrected chi connectivity index (χ3v) is 2.24. The number of esters is 1. The van der Waals surface area contributed by atoms with Gasteiger partial charge in [-0.1, -0.05) is 6.58 Å². The van der Waals surface area contributed by atoms with Crippen LogP contribution in [0.4, 0.5) is 0 Å². The van der Waals surface area contributed by atoms with Crippen molar-refractivity contribution < 1.29 is 9.53 Å². The predicted molar refractivity (Wildman–Crippen MR) is 49.5 cm³/mol. The normalized spacial score (nSPS) is 9.50. The van der Waals surface area contributed by atoms with Crippen LogP contribution in [0.3, 0.4) is 0 Å². The zero-order chi connectivity index (χ0) is 9.14. The van der Waals surface area contributed by atoms with Gasteiger partial charge in [0.25, 0.3) is 0 Å². The summed E-state index contributed by atoms with van der Waals surface area (Å²) in [4.78, 5) is 11.0. The van der Waals surface area contributed by atoms with Crippen LogP contribution in [0.25, 0.3) is 0 Å². The predicted octanol–water partition coefficient (Wildman–Crippen LogP) is 2.54. The van der Waals surface area contributed by atoms with Gasteiger partial charge in [0, 0.05) is 11.1 Å². The first-order valence-corrected chi connectivity index (χ1v) is 4.41. The second kappa shape index (κ2) is 3.54. The molecule has 0 radical (unpaired) electrons. The third-order valence-electron chi connectivity index (χ3n) is 1.35. The molecule has 1 heterocycles. The van der Waals surface area contributed by atoms with Gasteiger partial charge in [-0.05, 0) is 25.3 Å². The zero-order valence-corrected chi connectivity index (χ0v) is 7.90. The first-order valence-electron chi connectivity index (χ1n) is 3.53. The maximum Gasteiger partial charge on any atom is 0.339 e. The van der Waals surface area contributed by atoms with Crippen LogP contribution < -0.4 is 4.74 Å². The van der Waals surface area contributed by atoms with Gasteiger partial charge in [0.1, 0.15) is 0 Å². The molecule has 1 rings (SSSR count). The molecule has 0 fully saturated rings. The van der Waals surface area contributed by atoms with Crippen molar-refractivity contribution in [2.75, 3.05) is 0 Å². The quantitative estimate of drug-likeness (QED) is 0.519. The highest BCUT2D eigenvalue weighted by Crippen LogP contribution is 2.25. The highest BCUT2D eigenvalue weighted by atomic mass is 32.1. The van der Waals surface area contributed by atoms with Gasteiger partial charge in [-0.15, -0.1) is 11.3 Å². The van der Waals surface area contributed by atoms with E-state index in [0.717, 1.165) is 5.56 Å². The fraction of sp³-hybridized carbons (Fsp3) is 0.222. The Hall–Kier alpha value is -1.09. The summed E-state index contributed by atoms with van der Waals surface area (Å²) in [6, 6.07) is 1.91. The molecule has 0 saturated carbocycles. The van der Waals surface area contributed by atoms with Gasteiger partial charge in [-0.2, -0.15) is 0 Å². The molecular formula is C9H10O2S. The summed E-state index contributed by atoms with van der Waals surface area (Å²) >= 11 is 1.41. The molecule has 2 nitrogen and oxygen atoms in total. The number of thiophene rings is 1. The Balaban J connectivity index is 2.71. The molecule has 0 saturated heterocycles. The molecule has 0 aliphatic heterocycles. The average molecular weight is 182 g/mol.